The van der Waals surface area contributed by atoms with E-state index in [2.05, 4.69) is 93.9 Å². The molecule has 0 N–H and O–H groups in total. The number of hydrogen-bond acceptors (Lipinski definition) is 5. The minimum absolute atomic E-state index is 0.402. The first-order chi connectivity index (χ1) is 29.2. The van der Waals surface area contributed by atoms with Crippen molar-refractivity contribution in [2.45, 2.75) is 0 Å². The van der Waals surface area contributed by atoms with Gasteiger partial charge in [-0.2, -0.15) is 5.26 Å². The standard InChI is InChI=1S/C52H28N6O/c53-29-32-26-44(57-40-23-10-8-19-34(40)38-27-43-39(28-42(38)57)36-22-13-21-35-33-18-7-11-24-41(33)58(43)48(35)36)49-47(37-20-9-12-25-45(37)59-49)46(32)52-55-50(30-14-3-1-4-15-30)54-51(56-52)31-16-5-2-6-17-31/h1-28H. The summed E-state index contributed by atoms with van der Waals surface area (Å²) in [7, 11) is 0. The van der Waals surface area contributed by atoms with Crippen LogP contribution in [0, 0.1) is 11.3 Å². The van der Waals surface area contributed by atoms with E-state index in [-0.39, 0.29) is 0 Å². The fourth-order valence-corrected chi connectivity index (χ4v) is 9.44. The molecule has 5 aromatic heterocycles. The Morgan fingerprint density at radius 1 is 0.458 bits per heavy atom. The van der Waals surface area contributed by atoms with Crippen LogP contribution < -0.4 is 0 Å². The number of fused-ring (bicyclic) bond motifs is 12. The van der Waals surface area contributed by atoms with E-state index in [0.717, 1.165) is 60.3 Å². The lowest BCUT2D eigenvalue weighted by atomic mass is 9.98. The summed E-state index contributed by atoms with van der Waals surface area (Å²) in [6, 6.07) is 60.7. The lowest BCUT2D eigenvalue weighted by Gasteiger charge is -2.14. The zero-order chi connectivity index (χ0) is 38.8. The molecule has 0 saturated heterocycles. The molecule has 13 aromatic rings. The second-order valence-electron chi connectivity index (χ2n) is 15.1. The van der Waals surface area contributed by atoms with Crippen LogP contribution in [-0.4, -0.2) is 23.9 Å². The Kier molecular flexibility index (Phi) is 6.38. The van der Waals surface area contributed by atoms with Crippen LogP contribution in [0.25, 0.3) is 122 Å². The van der Waals surface area contributed by atoms with Crippen LogP contribution in [0.2, 0.25) is 0 Å². The zero-order valence-corrected chi connectivity index (χ0v) is 31.3. The van der Waals surface area contributed by atoms with Gasteiger partial charge in [-0.05, 0) is 36.4 Å². The zero-order valence-electron chi connectivity index (χ0n) is 31.3. The molecule has 8 aromatic carbocycles. The smallest absolute Gasteiger partial charge is 0.166 e. The first-order valence-corrected chi connectivity index (χ1v) is 19.6. The third-order valence-corrected chi connectivity index (χ3v) is 11.9. The van der Waals surface area contributed by atoms with Gasteiger partial charge >= 0.3 is 0 Å². The van der Waals surface area contributed by atoms with Crippen LogP contribution in [0.4, 0.5) is 0 Å². The molecule has 5 heterocycles. The molecule has 0 spiro atoms. The van der Waals surface area contributed by atoms with Crippen molar-refractivity contribution in [3.63, 3.8) is 0 Å². The van der Waals surface area contributed by atoms with Crippen LogP contribution in [0.15, 0.2) is 174 Å². The quantitative estimate of drug-likeness (QED) is 0.179. The molecular weight excluding hydrogens is 725 g/mol. The van der Waals surface area contributed by atoms with Gasteiger partial charge in [0, 0.05) is 59.8 Å². The van der Waals surface area contributed by atoms with Gasteiger partial charge in [0.15, 0.2) is 23.1 Å². The van der Waals surface area contributed by atoms with Crippen LogP contribution in [0.1, 0.15) is 5.56 Å². The van der Waals surface area contributed by atoms with E-state index in [4.69, 9.17) is 19.4 Å². The van der Waals surface area contributed by atoms with Gasteiger partial charge in [0.25, 0.3) is 0 Å². The number of aromatic nitrogens is 5. The normalized spacial score (nSPS) is 12.1. The number of hydrogen-bond donors (Lipinski definition) is 0. The summed E-state index contributed by atoms with van der Waals surface area (Å²) in [6.07, 6.45) is 0. The van der Waals surface area contributed by atoms with Gasteiger partial charge < -0.3 is 13.4 Å². The Hall–Kier alpha value is -8.34. The van der Waals surface area contributed by atoms with E-state index in [0.29, 0.717) is 39.8 Å². The molecule has 0 unspecified atom stereocenters. The minimum Gasteiger partial charge on any atom is -0.454 e. The van der Waals surface area contributed by atoms with Gasteiger partial charge in [0.1, 0.15) is 5.58 Å². The Morgan fingerprint density at radius 2 is 1.00 bits per heavy atom. The Balaban J connectivity index is 1.16. The molecule has 0 aliphatic heterocycles. The molecule has 13 rings (SSSR count). The van der Waals surface area contributed by atoms with Crippen molar-refractivity contribution in [2.75, 3.05) is 0 Å². The number of rotatable bonds is 4. The molecule has 272 valence electrons. The fraction of sp³-hybridized carbons (Fsp3) is 0. The Bertz CT molecular complexity index is 3850. The summed E-state index contributed by atoms with van der Waals surface area (Å²) in [6.45, 7) is 0. The van der Waals surface area contributed by atoms with E-state index in [1.54, 1.807) is 0 Å². The average Bonchev–Trinajstić information content (AvgIpc) is 4.04. The number of nitrogens with zero attached hydrogens (tertiary/aromatic N) is 6. The maximum atomic E-state index is 11.2. The molecule has 7 nitrogen and oxygen atoms in total. The topological polar surface area (TPSA) is 84.9 Å². The molecule has 0 amide bonds. The van der Waals surface area contributed by atoms with Crippen molar-refractivity contribution in [1.29, 1.82) is 5.26 Å². The predicted molar refractivity (Wildman–Crippen MR) is 237 cm³/mol. The van der Waals surface area contributed by atoms with Gasteiger partial charge in [-0.15, -0.1) is 0 Å². The highest BCUT2D eigenvalue weighted by atomic mass is 16.3. The molecule has 0 bridgehead atoms. The number of benzene rings is 8. The summed E-state index contributed by atoms with van der Waals surface area (Å²) in [5, 5.41) is 19.9. The van der Waals surface area contributed by atoms with Gasteiger partial charge in [-0.1, -0.05) is 133 Å². The monoisotopic (exact) mass is 752 g/mol. The van der Waals surface area contributed by atoms with Gasteiger partial charge in [-0.3, -0.25) is 0 Å². The number of furan rings is 1. The van der Waals surface area contributed by atoms with Crippen molar-refractivity contribution in [3.05, 3.63) is 175 Å². The van der Waals surface area contributed by atoms with E-state index in [1.807, 2.05) is 91.0 Å². The Morgan fingerprint density at radius 3 is 1.71 bits per heavy atom. The summed E-state index contributed by atoms with van der Waals surface area (Å²) >= 11 is 0. The SMILES string of the molecule is N#Cc1cc(-n2c3ccccc3c3cc4c(cc32)c2cccc3c5ccccc5n4c32)c2oc3ccccc3c2c1-c1nc(-c2ccccc2)nc(-c2ccccc2)n1. The third kappa shape index (κ3) is 4.37. The van der Waals surface area contributed by atoms with Crippen molar-refractivity contribution < 1.29 is 4.42 Å². The van der Waals surface area contributed by atoms with Crippen LogP contribution in [0.3, 0.4) is 0 Å². The van der Waals surface area contributed by atoms with Gasteiger partial charge in [-0.25, -0.2) is 15.0 Å². The fourth-order valence-electron chi connectivity index (χ4n) is 9.44. The minimum atomic E-state index is 0.402. The summed E-state index contributed by atoms with van der Waals surface area (Å²) < 4.78 is 11.6. The molecule has 0 aliphatic rings. The van der Waals surface area contributed by atoms with E-state index in [1.165, 1.54) is 27.2 Å². The van der Waals surface area contributed by atoms with E-state index >= 15 is 0 Å². The highest BCUT2D eigenvalue weighted by Gasteiger charge is 2.27. The van der Waals surface area contributed by atoms with Crippen molar-refractivity contribution >= 4 is 81.8 Å². The van der Waals surface area contributed by atoms with Gasteiger partial charge in [0.05, 0.1) is 44.9 Å². The van der Waals surface area contributed by atoms with Crippen LogP contribution in [0.5, 0.6) is 0 Å². The van der Waals surface area contributed by atoms with Crippen molar-refractivity contribution in [1.82, 2.24) is 23.9 Å². The first kappa shape index (κ1) is 31.8. The van der Waals surface area contributed by atoms with Crippen LogP contribution >= 0.6 is 0 Å². The molecule has 0 atom stereocenters. The first-order valence-electron chi connectivity index (χ1n) is 19.6. The molecule has 0 saturated carbocycles. The van der Waals surface area contributed by atoms with E-state index in [9.17, 15) is 5.26 Å². The predicted octanol–water partition coefficient (Wildman–Crippen LogP) is 12.9. The Labute approximate surface area is 335 Å². The van der Waals surface area contributed by atoms with Crippen molar-refractivity contribution in [2.24, 2.45) is 0 Å². The second kappa shape index (κ2) is 11.8. The molecule has 0 aliphatic carbocycles. The average molecular weight is 753 g/mol. The lowest BCUT2D eigenvalue weighted by molar-refractivity contribution is 0.666. The van der Waals surface area contributed by atoms with Gasteiger partial charge in [0.2, 0.25) is 0 Å². The number of nitriles is 1. The molecular formula is C52H28N6O. The number of para-hydroxylation sites is 4. The molecule has 0 radical (unpaired) electrons. The van der Waals surface area contributed by atoms with Crippen molar-refractivity contribution in [3.8, 4) is 45.9 Å². The highest BCUT2D eigenvalue weighted by molar-refractivity contribution is 6.26. The summed E-state index contributed by atoms with van der Waals surface area (Å²) in [5.74, 6) is 1.44. The molecule has 7 heteroatoms. The molecule has 0 fully saturated rings. The third-order valence-electron chi connectivity index (χ3n) is 11.9. The van der Waals surface area contributed by atoms with Crippen LogP contribution in [-0.2, 0) is 0 Å². The maximum Gasteiger partial charge on any atom is 0.166 e. The second-order valence-corrected chi connectivity index (χ2v) is 15.1. The lowest BCUT2D eigenvalue weighted by Crippen LogP contribution is -2.03. The highest BCUT2D eigenvalue weighted by Crippen LogP contribution is 2.46. The summed E-state index contributed by atoms with van der Waals surface area (Å²) in [4.78, 5) is 15.2. The molecule has 59 heavy (non-hydrogen) atoms. The summed E-state index contributed by atoms with van der Waals surface area (Å²) in [5.41, 5.74) is 10.5. The maximum absolute atomic E-state index is 11.2. The van der Waals surface area contributed by atoms with E-state index < -0.39 is 0 Å². The largest absolute Gasteiger partial charge is 0.454 e.